The van der Waals surface area contributed by atoms with E-state index in [2.05, 4.69) is 0 Å². The lowest BCUT2D eigenvalue weighted by atomic mass is 10.3. The van der Waals surface area contributed by atoms with Gasteiger partial charge >= 0.3 is 5.97 Å². The van der Waals surface area contributed by atoms with Gasteiger partial charge in [0.25, 0.3) is 0 Å². The summed E-state index contributed by atoms with van der Waals surface area (Å²) in [4.78, 5) is 11.3. The predicted octanol–water partition coefficient (Wildman–Crippen LogP) is 1.75. The molecule has 1 heterocycles. The number of carbonyl (C=O) groups is 1. The summed E-state index contributed by atoms with van der Waals surface area (Å²) in [5, 5.41) is 0. The van der Waals surface area contributed by atoms with Crippen molar-refractivity contribution in [2.45, 2.75) is 20.0 Å². The minimum atomic E-state index is -0.391. The van der Waals surface area contributed by atoms with Crippen LogP contribution in [0.15, 0.2) is 18.2 Å². The van der Waals surface area contributed by atoms with Crippen molar-refractivity contribution >= 4 is 5.97 Å². The van der Waals surface area contributed by atoms with Gasteiger partial charge in [-0.1, -0.05) is 0 Å². The van der Waals surface area contributed by atoms with Crippen LogP contribution in [0.25, 0.3) is 0 Å². The maximum absolute atomic E-state index is 11.3. The summed E-state index contributed by atoms with van der Waals surface area (Å²) in [6.45, 7) is 3.68. The Morgan fingerprint density at radius 3 is 2.88 bits per heavy atom. The van der Waals surface area contributed by atoms with Gasteiger partial charge in [-0.05, 0) is 26.0 Å². The second kappa shape index (κ2) is 4.95. The highest BCUT2D eigenvalue weighted by molar-refractivity contribution is 5.71. The molecule has 0 bridgehead atoms. The van der Waals surface area contributed by atoms with Crippen molar-refractivity contribution in [1.82, 2.24) is 0 Å². The quantitative estimate of drug-likeness (QED) is 0.748. The molecule has 92 valence electrons. The lowest BCUT2D eigenvalue weighted by Crippen LogP contribution is -2.18. The number of carbonyl (C=O) groups excluding carboxylic acids is 1. The molecule has 17 heavy (non-hydrogen) atoms. The van der Waals surface area contributed by atoms with Gasteiger partial charge < -0.3 is 18.9 Å². The van der Waals surface area contributed by atoms with Crippen molar-refractivity contribution in [2.24, 2.45) is 0 Å². The van der Waals surface area contributed by atoms with E-state index < -0.39 is 5.97 Å². The Morgan fingerprint density at radius 1 is 1.35 bits per heavy atom. The van der Waals surface area contributed by atoms with E-state index in [1.807, 2.05) is 0 Å². The number of benzene rings is 1. The SMILES string of the molecule is CC(C)OC(=O)COc1ccc2c(c1)OCO2. The van der Waals surface area contributed by atoms with Gasteiger partial charge in [0.05, 0.1) is 6.10 Å². The first kappa shape index (κ1) is 11.6. The molecule has 0 N–H and O–H groups in total. The molecule has 0 aromatic heterocycles. The number of hydrogen-bond donors (Lipinski definition) is 0. The molecule has 2 rings (SSSR count). The molecule has 0 saturated heterocycles. The molecule has 0 unspecified atom stereocenters. The Kier molecular flexibility index (Phi) is 3.37. The van der Waals surface area contributed by atoms with Crippen LogP contribution < -0.4 is 14.2 Å². The molecule has 1 aliphatic heterocycles. The molecule has 5 nitrogen and oxygen atoms in total. The molecule has 0 fully saturated rings. The molecule has 1 aliphatic rings. The monoisotopic (exact) mass is 238 g/mol. The molecule has 0 spiro atoms. The Labute approximate surface area is 99.2 Å². The number of rotatable bonds is 4. The summed E-state index contributed by atoms with van der Waals surface area (Å²) >= 11 is 0. The lowest BCUT2D eigenvalue weighted by molar-refractivity contribution is -0.149. The van der Waals surface area contributed by atoms with Gasteiger partial charge in [0.1, 0.15) is 5.75 Å². The molecule has 0 aliphatic carbocycles. The van der Waals surface area contributed by atoms with Crippen molar-refractivity contribution in [3.05, 3.63) is 18.2 Å². The predicted molar refractivity (Wildman–Crippen MR) is 59.3 cm³/mol. The third-order valence-corrected chi connectivity index (χ3v) is 2.07. The van der Waals surface area contributed by atoms with Gasteiger partial charge in [0.15, 0.2) is 18.1 Å². The molecule has 0 radical (unpaired) electrons. The first-order chi connectivity index (χ1) is 8.15. The average molecular weight is 238 g/mol. The van der Waals surface area contributed by atoms with E-state index in [0.717, 1.165) is 0 Å². The highest BCUT2D eigenvalue weighted by Crippen LogP contribution is 2.34. The fraction of sp³-hybridized carbons (Fsp3) is 0.417. The van der Waals surface area contributed by atoms with E-state index in [1.54, 1.807) is 32.0 Å². The normalized spacial score (nSPS) is 12.6. The van der Waals surface area contributed by atoms with Crippen LogP contribution in [-0.2, 0) is 9.53 Å². The minimum Gasteiger partial charge on any atom is -0.482 e. The fourth-order valence-corrected chi connectivity index (χ4v) is 1.41. The topological polar surface area (TPSA) is 54.0 Å². The molecular weight excluding hydrogens is 224 g/mol. The lowest BCUT2D eigenvalue weighted by Gasteiger charge is -2.09. The van der Waals surface area contributed by atoms with Crippen LogP contribution in [0.4, 0.5) is 0 Å². The molecule has 1 aromatic rings. The van der Waals surface area contributed by atoms with Crippen LogP contribution in [0.3, 0.4) is 0 Å². The number of hydrogen-bond acceptors (Lipinski definition) is 5. The van der Waals surface area contributed by atoms with Gasteiger partial charge in [-0.25, -0.2) is 4.79 Å². The zero-order valence-electron chi connectivity index (χ0n) is 9.76. The van der Waals surface area contributed by atoms with E-state index in [1.165, 1.54) is 0 Å². The molecular formula is C12H14O5. The number of ether oxygens (including phenoxy) is 4. The van der Waals surface area contributed by atoms with Crippen molar-refractivity contribution in [1.29, 1.82) is 0 Å². The van der Waals surface area contributed by atoms with E-state index in [9.17, 15) is 4.79 Å². The fourth-order valence-electron chi connectivity index (χ4n) is 1.41. The Balaban J connectivity index is 1.89. The smallest absolute Gasteiger partial charge is 0.344 e. The molecule has 0 amide bonds. The average Bonchev–Trinajstić information content (AvgIpc) is 2.72. The standard InChI is InChI=1S/C12H14O5/c1-8(2)17-12(13)6-14-9-3-4-10-11(5-9)16-7-15-10/h3-5,8H,6-7H2,1-2H3. The Bertz CT molecular complexity index is 413. The van der Waals surface area contributed by atoms with Crippen LogP contribution in [0.1, 0.15) is 13.8 Å². The molecule has 5 heteroatoms. The zero-order chi connectivity index (χ0) is 12.3. The first-order valence-corrected chi connectivity index (χ1v) is 5.37. The second-order valence-corrected chi connectivity index (χ2v) is 3.84. The van der Waals surface area contributed by atoms with Gasteiger partial charge in [-0.15, -0.1) is 0 Å². The minimum absolute atomic E-state index is 0.113. The maximum atomic E-state index is 11.3. The van der Waals surface area contributed by atoms with E-state index in [4.69, 9.17) is 18.9 Å². The van der Waals surface area contributed by atoms with E-state index in [0.29, 0.717) is 17.2 Å². The van der Waals surface area contributed by atoms with E-state index >= 15 is 0 Å². The molecule has 0 atom stereocenters. The Hall–Kier alpha value is -1.91. The molecule has 0 saturated carbocycles. The summed E-state index contributed by atoms with van der Waals surface area (Å²) in [5.41, 5.74) is 0. The van der Waals surface area contributed by atoms with Gasteiger partial charge in [0.2, 0.25) is 6.79 Å². The van der Waals surface area contributed by atoms with Crippen LogP contribution >= 0.6 is 0 Å². The van der Waals surface area contributed by atoms with Crippen molar-refractivity contribution in [3.63, 3.8) is 0 Å². The van der Waals surface area contributed by atoms with Crippen molar-refractivity contribution < 1.29 is 23.7 Å². The van der Waals surface area contributed by atoms with Crippen molar-refractivity contribution in [3.8, 4) is 17.2 Å². The Morgan fingerprint density at radius 2 is 2.12 bits per heavy atom. The van der Waals surface area contributed by atoms with E-state index in [-0.39, 0.29) is 19.5 Å². The molecule has 1 aromatic carbocycles. The van der Waals surface area contributed by atoms with Gasteiger partial charge in [-0.2, -0.15) is 0 Å². The van der Waals surface area contributed by atoms with Gasteiger partial charge in [0, 0.05) is 6.07 Å². The van der Waals surface area contributed by atoms with Crippen LogP contribution in [0.2, 0.25) is 0 Å². The van der Waals surface area contributed by atoms with Crippen LogP contribution in [0.5, 0.6) is 17.2 Å². The number of esters is 1. The summed E-state index contributed by atoms with van der Waals surface area (Å²) in [6, 6.07) is 5.15. The maximum Gasteiger partial charge on any atom is 0.344 e. The summed E-state index contributed by atoms with van der Waals surface area (Å²) in [6.07, 6.45) is -0.136. The highest BCUT2D eigenvalue weighted by atomic mass is 16.7. The highest BCUT2D eigenvalue weighted by Gasteiger charge is 2.14. The largest absolute Gasteiger partial charge is 0.482 e. The third kappa shape index (κ3) is 3.03. The zero-order valence-corrected chi connectivity index (χ0v) is 9.76. The third-order valence-electron chi connectivity index (χ3n) is 2.07. The summed E-state index contributed by atoms with van der Waals surface area (Å²) in [7, 11) is 0. The first-order valence-electron chi connectivity index (χ1n) is 5.37. The van der Waals surface area contributed by atoms with Crippen molar-refractivity contribution in [2.75, 3.05) is 13.4 Å². The van der Waals surface area contributed by atoms with Gasteiger partial charge in [-0.3, -0.25) is 0 Å². The van der Waals surface area contributed by atoms with Crippen LogP contribution in [-0.4, -0.2) is 25.5 Å². The second-order valence-electron chi connectivity index (χ2n) is 3.84. The van der Waals surface area contributed by atoms with Crippen LogP contribution in [0, 0.1) is 0 Å². The number of fused-ring (bicyclic) bond motifs is 1. The summed E-state index contributed by atoms with van der Waals surface area (Å²) < 4.78 is 20.6. The summed E-state index contributed by atoms with van der Waals surface area (Å²) in [5.74, 6) is 1.47.